The monoisotopic (exact) mass is 231 g/mol. The summed E-state index contributed by atoms with van der Waals surface area (Å²) in [6.07, 6.45) is 2.94. The van der Waals surface area contributed by atoms with Crippen LogP contribution in [0.4, 0.5) is 0 Å². The zero-order valence-electron chi connectivity index (χ0n) is 10.5. The maximum absolute atomic E-state index is 6.06. The lowest BCUT2D eigenvalue weighted by Gasteiger charge is -2.18. The van der Waals surface area contributed by atoms with Crippen LogP contribution in [0, 0.1) is 11.8 Å². The summed E-state index contributed by atoms with van der Waals surface area (Å²) in [5, 5.41) is 0. The zero-order valence-corrected chi connectivity index (χ0v) is 10.5. The van der Waals surface area contributed by atoms with Crippen molar-refractivity contribution in [2.75, 3.05) is 19.6 Å². The van der Waals surface area contributed by atoms with E-state index >= 15 is 0 Å². The van der Waals surface area contributed by atoms with Crippen molar-refractivity contribution < 1.29 is 4.74 Å². The summed E-state index contributed by atoms with van der Waals surface area (Å²) in [5.41, 5.74) is 0. The summed E-state index contributed by atoms with van der Waals surface area (Å²) in [5.74, 6) is 2.79. The molecule has 2 fully saturated rings. The van der Waals surface area contributed by atoms with Gasteiger partial charge in [-0.15, -0.1) is 0 Å². The molecule has 3 atom stereocenters. The van der Waals surface area contributed by atoms with Gasteiger partial charge in [0, 0.05) is 13.1 Å². The van der Waals surface area contributed by atoms with E-state index in [1.807, 2.05) is 18.2 Å². The van der Waals surface area contributed by atoms with E-state index in [-0.39, 0.29) is 0 Å². The highest BCUT2D eigenvalue weighted by Crippen LogP contribution is 2.39. The Hall–Kier alpha value is -1.02. The third kappa shape index (κ3) is 2.32. The minimum atomic E-state index is 0.450. The Balaban J connectivity index is 1.56. The number of nitrogens with zero attached hydrogens (tertiary/aromatic N) is 1. The SMILES string of the molecule is CCN1C[C@H]2C[C@H](Oc3ccccc3)C[C@H]2C1. The Morgan fingerprint density at radius 1 is 1.12 bits per heavy atom. The molecule has 0 radical (unpaired) electrons. The van der Waals surface area contributed by atoms with Crippen LogP contribution in [-0.2, 0) is 0 Å². The number of likely N-dealkylation sites (tertiary alicyclic amines) is 1. The first kappa shape index (κ1) is 11.1. The van der Waals surface area contributed by atoms with Crippen molar-refractivity contribution in [2.45, 2.75) is 25.9 Å². The highest BCUT2D eigenvalue weighted by molar-refractivity contribution is 5.21. The summed E-state index contributed by atoms with van der Waals surface area (Å²) >= 11 is 0. The van der Waals surface area contributed by atoms with E-state index < -0.39 is 0 Å². The third-order valence-electron chi connectivity index (χ3n) is 4.28. The lowest BCUT2D eigenvalue weighted by Crippen LogP contribution is -2.24. The number of benzene rings is 1. The van der Waals surface area contributed by atoms with Crippen molar-refractivity contribution in [3.8, 4) is 5.75 Å². The van der Waals surface area contributed by atoms with Gasteiger partial charge in [-0.05, 0) is 43.4 Å². The molecule has 0 N–H and O–H groups in total. The second-order valence-corrected chi connectivity index (χ2v) is 5.40. The minimum absolute atomic E-state index is 0.450. The van der Waals surface area contributed by atoms with Gasteiger partial charge in [0.15, 0.2) is 0 Å². The van der Waals surface area contributed by atoms with E-state index in [1.54, 1.807) is 0 Å². The van der Waals surface area contributed by atoms with E-state index in [4.69, 9.17) is 4.74 Å². The average Bonchev–Trinajstić information content (AvgIpc) is 2.87. The number of ether oxygens (including phenoxy) is 1. The minimum Gasteiger partial charge on any atom is -0.490 e. The van der Waals surface area contributed by atoms with Gasteiger partial charge < -0.3 is 9.64 Å². The van der Waals surface area contributed by atoms with Gasteiger partial charge in [-0.1, -0.05) is 25.1 Å². The molecule has 1 aromatic carbocycles. The van der Waals surface area contributed by atoms with Gasteiger partial charge in [-0.2, -0.15) is 0 Å². The fourth-order valence-corrected chi connectivity index (χ4v) is 3.39. The number of fused-ring (bicyclic) bond motifs is 1. The molecule has 3 rings (SSSR count). The Morgan fingerprint density at radius 2 is 1.76 bits per heavy atom. The van der Waals surface area contributed by atoms with E-state index in [0.717, 1.165) is 17.6 Å². The number of hydrogen-bond acceptors (Lipinski definition) is 2. The molecule has 1 saturated heterocycles. The summed E-state index contributed by atoms with van der Waals surface area (Å²) in [4.78, 5) is 2.58. The first-order valence-corrected chi connectivity index (χ1v) is 6.79. The van der Waals surface area contributed by atoms with Gasteiger partial charge >= 0.3 is 0 Å². The van der Waals surface area contributed by atoms with Crippen molar-refractivity contribution >= 4 is 0 Å². The van der Waals surface area contributed by atoms with Crippen molar-refractivity contribution in [3.63, 3.8) is 0 Å². The van der Waals surface area contributed by atoms with Crippen molar-refractivity contribution in [2.24, 2.45) is 11.8 Å². The molecule has 2 aliphatic rings. The molecule has 1 saturated carbocycles. The smallest absolute Gasteiger partial charge is 0.119 e. The first-order valence-electron chi connectivity index (χ1n) is 6.79. The van der Waals surface area contributed by atoms with Crippen LogP contribution in [0.1, 0.15) is 19.8 Å². The van der Waals surface area contributed by atoms with Crippen LogP contribution in [0.25, 0.3) is 0 Å². The molecule has 2 nitrogen and oxygen atoms in total. The lowest BCUT2D eigenvalue weighted by molar-refractivity contribution is 0.187. The molecule has 1 aliphatic carbocycles. The van der Waals surface area contributed by atoms with Crippen molar-refractivity contribution in [1.82, 2.24) is 4.90 Å². The van der Waals surface area contributed by atoms with Gasteiger partial charge in [0.2, 0.25) is 0 Å². The number of hydrogen-bond donors (Lipinski definition) is 0. The fraction of sp³-hybridized carbons (Fsp3) is 0.600. The number of para-hydroxylation sites is 1. The van der Waals surface area contributed by atoms with E-state index in [0.29, 0.717) is 6.10 Å². The van der Waals surface area contributed by atoms with E-state index in [1.165, 1.54) is 32.5 Å². The molecule has 1 heterocycles. The van der Waals surface area contributed by atoms with Gasteiger partial charge in [-0.25, -0.2) is 0 Å². The summed E-state index contributed by atoms with van der Waals surface area (Å²) in [6.45, 7) is 6.04. The van der Waals surface area contributed by atoms with Crippen LogP contribution in [0.2, 0.25) is 0 Å². The Labute approximate surface area is 104 Å². The molecule has 92 valence electrons. The second kappa shape index (κ2) is 4.69. The average molecular weight is 231 g/mol. The molecular formula is C15H21NO. The Bertz CT molecular complexity index is 350. The standard InChI is InChI=1S/C15H21NO/c1-2-16-10-12-8-15(9-13(12)11-16)17-14-6-4-3-5-7-14/h3-7,12-13,15H,2,8-11H2,1H3/t12-,13+,15+. The van der Waals surface area contributed by atoms with Crippen LogP contribution in [-0.4, -0.2) is 30.6 Å². The molecule has 1 aromatic rings. The van der Waals surface area contributed by atoms with Crippen LogP contribution in [0.5, 0.6) is 5.75 Å². The molecule has 2 heteroatoms. The number of rotatable bonds is 3. The summed E-state index contributed by atoms with van der Waals surface area (Å²) < 4.78 is 6.06. The molecule has 0 unspecified atom stereocenters. The molecule has 0 bridgehead atoms. The summed E-state index contributed by atoms with van der Waals surface area (Å²) in [7, 11) is 0. The predicted molar refractivity (Wildman–Crippen MR) is 69.2 cm³/mol. The van der Waals surface area contributed by atoms with E-state index in [2.05, 4.69) is 24.0 Å². The van der Waals surface area contributed by atoms with Gasteiger partial charge in [0.25, 0.3) is 0 Å². The quantitative estimate of drug-likeness (QED) is 0.793. The lowest BCUT2D eigenvalue weighted by atomic mass is 10.0. The Morgan fingerprint density at radius 3 is 2.35 bits per heavy atom. The highest BCUT2D eigenvalue weighted by atomic mass is 16.5. The van der Waals surface area contributed by atoms with Crippen LogP contribution in [0.3, 0.4) is 0 Å². The normalized spacial score (nSPS) is 32.6. The molecular weight excluding hydrogens is 210 g/mol. The van der Waals surface area contributed by atoms with Gasteiger partial charge in [-0.3, -0.25) is 0 Å². The maximum Gasteiger partial charge on any atom is 0.119 e. The van der Waals surface area contributed by atoms with Crippen molar-refractivity contribution in [3.05, 3.63) is 30.3 Å². The largest absolute Gasteiger partial charge is 0.490 e. The fourth-order valence-electron chi connectivity index (χ4n) is 3.39. The second-order valence-electron chi connectivity index (χ2n) is 5.40. The van der Waals surface area contributed by atoms with Crippen LogP contribution in [0.15, 0.2) is 30.3 Å². The molecule has 0 aromatic heterocycles. The highest BCUT2D eigenvalue weighted by Gasteiger charge is 2.41. The maximum atomic E-state index is 6.06. The predicted octanol–water partition coefficient (Wildman–Crippen LogP) is 2.80. The van der Waals surface area contributed by atoms with Crippen LogP contribution < -0.4 is 4.74 Å². The Kier molecular flexibility index (Phi) is 3.06. The topological polar surface area (TPSA) is 12.5 Å². The molecule has 0 spiro atoms. The molecule has 0 amide bonds. The van der Waals surface area contributed by atoms with Gasteiger partial charge in [0.05, 0.1) is 6.10 Å². The third-order valence-corrected chi connectivity index (χ3v) is 4.28. The summed E-state index contributed by atoms with van der Waals surface area (Å²) in [6, 6.07) is 10.3. The van der Waals surface area contributed by atoms with Gasteiger partial charge in [0.1, 0.15) is 5.75 Å². The molecule has 1 aliphatic heterocycles. The first-order chi connectivity index (χ1) is 8.35. The molecule has 17 heavy (non-hydrogen) atoms. The van der Waals surface area contributed by atoms with Crippen LogP contribution >= 0.6 is 0 Å². The van der Waals surface area contributed by atoms with Crippen molar-refractivity contribution in [1.29, 1.82) is 0 Å². The zero-order chi connectivity index (χ0) is 11.7. The van der Waals surface area contributed by atoms with E-state index in [9.17, 15) is 0 Å².